The molecule has 2 aromatic rings. The van der Waals surface area contributed by atoms with Crippen molar-refractivity contribution in [3.63, 3.8) is 0 Å². The predicted molar refractivity (Wildman–Crippen MR) is 66.1 cm³/mol. The maximum Gasteiger partial charge on any atom is 0.0480 e. The average Bonchev–Trinajstić information content (AvgIpc) is 2.27. The molecule has 0 saturated carbocycles. The number of hydrogen-bond donors (Lipinski definition) is 0. The highest BCUT2D eigenvalue weighted by Gasteiger charge is 2.01. The Morgan fingerprint density at radius 2 is 1.93 bits per heavy atom. The van der Waals surface area contributed by atoms with Crippen LogP contribution in [0.3, 0.4) is 0 Å². The van der Waals surface area contributed by atoms with Gasteiger partial charge in [-0.2, -0.15) is 0 Å². The van der Waals surface area contributed by atoms with Crippen molar-refractivity contribution in [1.29, 1.82) is 0 Å². The topological polar surface area (TPSA) is 0 Å². The fourth-order valence-corrected chi connectivity index (χ4v) is 2.19. The molecule has 0 fully saturated rings. The summed E-state index contributed by atoms with van der Waals surface area (Å²) >= 11 is 9.38. The molecule has 0 aromatic heterocycles. The van der Waals surface area contributed by atoms with Crippen LogP contribution in [0.1, 0.15) is 11.1 Å². The van der Waals surface area contributed by atoms with E-state index in [-0.39, 0.29) is 0 Å². The summed E-state index contributed by atoms with van der Waals surface area (Å²) in [5.74, 6) is 0.571. The minimum Gasteiger partial charge on any atom is -0.122 e. The van der Waals surface area contributed by atoms with Gasteiger partial charge in [0.2, 0.25) is 0 Å². The number of halogens is 2. The summed E-state index contributed by atoms with van der Waals surface area (Å²) in [5.41, 5.74) is 2.48. The van der Waals surface area contributed by atoms with E-state index in [0.717, 1.165) is 5.33 Å². The van der Waals surface area contributed by atoms with Gasteiger partial charge >= 0.3 is 0 Å². The Labute approximate surface area is 97.0 Å². The fraction of sp³-hybridized carbons (Fsp3) is 0.167. The molecule has 72 valence electrons. The molecule has 0 nitrogen and oxygen atoms in total. The van der Waals surface area contributed by atoms with Crippen LogP contribution in [-0.2, 0) is 11.2 Å². The smallest absolute Gasteiger partial charge is 0.0480 e. The van der Waals surface area contributed by atoms with Crippen LogP contribution in [0, 0.1) is 0 Å². The van der Waals surface area contributed by atoms with Crippen molar-refractivity contribution in [2.24, 2.45) is 0 Å². The third-order valence-electron chi connectivity index (χ3n) is 2.31. The lowest BCUT2D eigenvalue weighted by Gasteiger charge is -2.06. The summed E-state index contributed by atoms with van der Waals surface area (Å²) in [6.45, 7) is 0. The van der Waals surface area contributed by atoms with E-state index in [1.807, 2.05) is 6.07 Å². The van der Waals surface area contributed by atoms with Gasteiger partial charge in [0.05, 0.1) is 0 Å². The first-order valence-corrected chi connectivity index (χ1v) is 6.13. The summed E-state index contributed by atoms with van der Waals surface area (Å²) in [5, 5.41) is 3.40. The van der Waals surface area contributed by atoms with Crippen LogP contribution in [0.5, 0.6) is 0 Å². The van der Waals surface area contributed by atoms with Gasteiger partial charge in [0.15, 0.2) is 0 Å². The molecule has 0 N–H and O–H groups in total. The van der Waals surface area contributed by atoms with Crippen molar-refractivity contribution in [3.8, 4) is 0 Å². The molecule has 0 spiro atoms. The molecule has 0 saturated heterocycles. The predicted octanol–water partition coefficient (Wildman–Crippen LogP) is 4.47. The summed E-state index contributed by atoms with van der Waals surface area (Å²) in [6.07, 6.45) is 0. The molecule has 0 aliphatic heterocycles. The van der Waals surface area contributed by atoms with Gasteiger partial charge in [-0.15, -0.1) is 11.6 Å². The van der Waals surface area contributed by atoms with E-state index in [1.165, 1.54) is 21.9 Å². The molecule has 0 aliphatic rings. The van der Waals surface area contributed by atoms with Crippen molar-refractivity contribution in [2.75, 3.05) is 0 Å². The van der Waals surface area contributed by atoms with Crippen LogP contribution >= 0.6 is 27.5 Å². The van der Waals surface area contributed by atoms with E-state index >= 15 is 0 Å². The van der Waals surface area contributed by atoms with Gasteiger partial charge in [-0.05, 0) is 21.9 Å². The van der Waals surface area contributed by atoms with E-state index in [4.69, 9.17) is 11.6 Å². The van der Waals surface area contributed by atoms with Gasteiger partial charge < -0.3 is 0 Å². The molecule has 14 heavy (non-hydrogen) atoms. The SMILES string of the molecule is ClCc1cc(CBr)cc2ccccc12. The lowest BCUT2D eigenvalue weighted by Crippen LogP contribution is -1.86. The fourth-order valence-electron chi connectivity index (χ4n) is 1.65. The molecule has 0 atom stereocenters. The van der Waals surface area contributed by atoms with Gasteiger partial charge in [-0.25, -0.2) is 0 Å². The molecule has 2 aromatic carbocycles. The summed E-state index contributed by atoms with van der Waals surface area (Å²) < 4.78 is 0. The van der Waals surface area contributed by atoms with Gasteiger partial charge in [0.1, 0.15) is 0 Å². The first-order chi connectivity index (χ1) is 6.85. The van der Waals surface area contributed by atoms with E-state index in [2.05, 4.69) is 46.3 Å². The normalized spacial score (nSPS) is 10.7. The molecule has 0 unspecified atom stereocenters. The number of hydrogen-bond acceptors (Lipinski definition) is 0. The van der Waals surface area contributed by atoms with Gasteiger partial charge in [-0.3, -0.25) is 0 Å². The third kappa shape index (κ3) is 1.79. The van der Waals surface area contributed by atoms with E-state index < -0.39 is 0 Å². The van der Waals surface area contributed by atoms with Crippen LogP contribution in [-0.4, -0.2) is 0 Å². The second-order valence-corrected chi connectivity index (χ2v) is 4.07. The number of alkyl halides is 2. The highest BCUT2D eigenvalue weighted by molar-refractivity contribution is 9.08. The molecule has 0 bridgehead atoms. The Morgan fingerprint density at radius 3 is 2.64 bits per heavy atom. The number of fused-ring (bicyclic) bond motifs is 1. The second kappa shape index (κ2) is 4.33. The second-order valence-electron chi connectivity index (χ2n) is 3.24. The van der Waals surface area contributed by atoms with E-state index in [0.29, 0.717) is 5.88 Å². The van der Waals surface area contributed by atoms with E-state index in [1.54, 1.807) is 0 Å². The van der Waals surface area contributed by atoms with Crippen LogP contribution in [0.25, 0.3) is 10.8 Å². The van der Waals surface area contributed by atoms with Crippen molar-refractivity contribution in [3.05, 3.63) is 47.5 Å². The Kier molecular flexibility index (Phi) is 3.09. The zero-order valence-electron chi connectivity index (χ0n) is 7.63. The minimum atomic E-state index is 0.571. The Bertz CT molecular complexity index is 451. The van der Waals surface area contributed by atoms with E-state index in [9.17, 15) is 0 Å². The third-order valence-corrected chi connectivity index (χ3v) is 3.24. The van der Waals surface area contributed by atoms with Crippen molar-refractivity contribution < 1.29 is 0 Å². The van der Waals surface area contributed by atoms with Gasteiger partial charge in [0, 0.05) is 11.2 Å². The molecular weight excluding hydrogens is 259 g/mol. The number of rotatable bonds is 2. The van der Waals surface area contributed by atoms with Crippen molar-refractivity contribution >= 4 is 38.3 Å². The Balaban J connectivity index is 2.73. The van der Waals surface area contributed by atoms with Crippen LogP contribution in [0.2, 0.25) is 0 Å². The maximum atomic E-state index is 5.92. The van der Waals surface area contributed by atoms with Gasteiger partial charge in [0.25, 0.3) is 0 Å². The summed E-state index contributed by atoms with van der Waals surface area (Å²) in [4.78, 5) is 0. The first-order valence-electron chi connectivity index (χ1n) is 4.47. The lowest BCUT2D eigenvalue weighted by atomic mass is 10.0. The van der Waals surface area contributed by atoms with Crippen molar-refractivity contribution in [1.82, 2.24) is 0 Å². The van der Waals surface area contributed by atoms with Crippen molar-refractivity contribution in [2.45, 2.75) is 11.2 Å². The molecule has 2 heteroatoms. The van der Waals surface area contributed by atoms with Crippen LogP contribution in [0.15, 0.2) is 36.4 Å². The Hall–Kier alpha value is -0.530. The largest absolute Gasteiger partial charge is 0.122 e. The number of benzene rings is 2. The first kappa shape index (κ1) is 10.0. The molecule has 0 heterocycles. The molecule has 0 amide bonds. The van der Waals surface area contributed by atoms with Gasteiger partial charge in [-0.1, -0.05) is 52.3 Å². The quantitative estimate of drug-likeness (QED) is 0.706. The highest BCUT2D eigenvalue weighted by atomic mass is 79.9. The monoisotopic (exact) mass is 268 g/mol. The zero-order chi connectivity index (χ0) is 9.97. The van der Waals surface area contributed by atoms with Crippen LogP contribution < -0.4 is 0 Å². The lowest BCUT2D eigenvalue weighted by molar-refractivity contribution is 1.37. The highest BCUT2D eigenvalue weighted by Crippen LogP contribution is 2.23. The molecule has 0 aliphatic carbocycles. The minimum absolute atomic E-state index is 0.571. The summed E-state index contributed by atoms with van der Waals surface area (Å²) in [6, 6.07) is 12.7. The van der Waals surface area contributed by atoms with Crippen LogP contribution in [0.4, 0.5) is 0 Å². The zero-order valence-corrected chi connectivity index (χ0v) is 9.98. The summed E-state index contributed by atoms with van der Waals surface area (Å²) in [7, 11) is 0. The molecule has 0 radical (unpaired) electrons. The Morgan fingerprint density at radius 1 is 1.14 bits per heavy atom. The maximum absolute atomic E-state index is 5.92. The molecule has 2 rings (SSSR count). The molecular formula is C12H10BrCl. The standard InChI is InChI=1S/C12H10BrCl/c13-7-9-5-10-3-1-2-4-12(10)11(6-9)8-14/h1-6H,7-8H2. The average molecular weight is 270 g/mol.